The highest BCUT2D eigenvalue weighted by Gasteiger charge is 2.24. The van der Waals surface area contributed by atoms with Crippen molar-refractivity contribution in [2.75, 3.05) is 24.2 Å². The molecule has 1 aliphatic rings. The number of hydrogen-bond acceptors (Lipinski definition) is 7. The van der Waals surface area contributed by atoms with Crippen LogP contribution >= 0.6 is 11.6 Å². The first-order valence-electron chi connectivity index (χ1n) is 8.63. The second-order valence-electron chi connectivity index (χ2n) is 6.59. The van der Waals surface area contributed by atoms with Gasteiger partial charge in [0.1, 0.15) is 29.4 Å². The number of sulfone groups is 1. The van der Waals surface area contributed by atoms with Crippen molar-refractivity contribution in [2.45, 2.75) is 37.4 Å². The van der Waals surface area contributed by atoms with E-state index in [1.165, 1.54) is 6.26 Å². The maximum absolute atomic E-state index is 11.7. The van der Waals surface area contributed by atoms with Gasteiger partial charge in [-0.15, -0.1) is 0 Å². The first-order valence-corrected chi connectivity index (χ1v) is 10.9. The topological polar surface area (TPSA) is 92.6 Å². The maximum Gasteiger partial charge on any atom is 0.175 e. The van der Waals surface area contributed by atoms with Crippen LogP contribution in [0.3, 0.4) is 0 Å². The van der Waals surface area contributed by atoms with Crippen LogP contribution < -0.4 is 9.64 Å². The first-order chi connectivity index (χ1) is 12.8. The van der Waals surface area contributed by atoms with Crippen molar-refractivity contribution in [3.63, 3.8) is 0 Å². The molecule has 3 rings (SSSR count). The number of ether oxygens (including phenoxy) is 1. The standard InChI is InChI=1S/C18H22ClN3O4S/c1-12-17(19)20-16(11-23)21-18(12)22-8-6-13(7-9-22)26-14-4-3-5-15(10-14)27(2,24)25/h3-5,10,13,23H,6-9,11H2,1-2H3. The molecule has 146 valence electrons. The van der Waals surface area contributed by atoms with E-state index < -0.39 is 9.84 Å². The Kier molecular flexibility index (Phi) is 5.88. The second kappa shape index (κ2) is 8.00. The summed E-state index contributed by atoms with van der Waals surface area (Å²) in [5.74, 6) is 1.59. The lowest BCUT2D eigenvalue weighted by molar-refractivity contribution is 0.170. The molecule has 0 unspecified atom stereocenters. The van der Waals surface area contributed by atoms with Crippen molar-refractivity contribution in [3.8, 4) is 5.75 Å². The molecule has 0 atom stereocenters. The third-order valence-corrected chi connectivity index (χ3v) is 6.00. The molecule has 1 aromatic heterocycles. The van der Waals surface area contributed by atoms with Crippen LogP contribution in [0.25, 0.3) is 0 Å². The van der Waals surface area contributed by atoms with E-state index in [2.05, 4.69) is 14.9 Å². The van der Waals surface area contributed by atoms with E-state index in [0.717, 1.165) is 37.3 Å². The quantitative estimate of drug-likeness (QED) is 0.755. The molecule has 0 aliphatic carbocycles. The second-order valence-corrected chi connectivity index (χ2v) is 8.96. The summed E-state index contributed by atoms with van der Waals surface area (Å²) in [5.41, 5.74) is 0.786. The van der Waals surface area contributed by atoms with Crippen LogP contribution in [-0.2, 0) is 16.4 Å². The lowest BCUT2D eigenvalue weighted by Gasteiger charge is -2.34. The van der Waals surface area contributed by atoms with Gasteiger partial charge in [-0.2, -0.15) is 0 Å². The SMILES string of the molecule is Cc1c(Cl)nc(CO)nc1N1CCC(Oc2cccc(S(C)(=O)=O)c2)CC1. The van der Waals surface area contributed by atoms with Gasteiger partial charge in [-0.25, -0.2) is 18.4 Å². The van der Waals surface area contributed by atoms with Gasteiger partial charge < -0.3 is 14.7 Å². The summed E-state index contributed by atoms with van der Waals surface area (Å²) < 4.78 is 29.4. The zero-order valence-corrected chi connectivity index (χ0v) is 16.8. The van der Waals surface area contributed by atoms with Crippen LogP contribution in [0.15, 0.2) is 29.2 Å². The zero-order valence-electron chi connectivity index (χ0n) is 15.2. The molecule has 9 heteroatoms. The molecule has 2 heterocycles. The van der Waals surface area contributed by atoms with Crippen molar-refractivity contribution < 1.29 is 18.3 Å². The van der Waals surface area contributed by atoms with Crippen molar-refractivity contribution in [1.29, 1.82) is 0 Å². The van der Waals surface area contributed by atoms with E-state index >= 15 is 0 Å². The summed E-state index contributed by atoms with van der Waals surface area (Å²) in [4.78, 5) is 10.8. The number of piperidine rings is 1. The Hall–Kier alpha value is -1.90. The van der Waals surface area contributed by atoms with Crippen LogP contribution in [0.4, 0.5) is 5.82 Å². The predicted molar refractivity (Wildman–Crippen MR) is 103 cm³/mol. The molecule has 0 spiro atoms. The van der Waals surface area contributed by atoms with Crippen LogP contribution in [0.1, 0.15) is 24.2 Å². The van der Waals surface area contributed by atoms with Gasteiger partial charge in [-0.3, -0.25) is 0 Å². The van der Waals surface area contributed by atoms with E-state index in [-0.39, 0.29) is 17.6 Å². The van der Waals surface area contributed by atoms with E-state index in [1.54, 1.807) is 24.3 Å². The van der Waals surface area contributed by atoms with Crippen molar-refractivity contribution in [1.82, 2.24) is 9.97 Å². The number of aromatic nitrogens is 2. The van der Waals surface area contributed by atoms with Crippen LogP contribution in [0.2, 0.25) is 5.15 Å². The van der Waals surface area contributed by atoms with Gasteiger partial charge in [0, 0.05) is 37.8 Å². The molecule has 0 bridgehead atoms. The largest absolute Gasteiger partial charge is 0.490 e. The molecule has 0 radical (unpaired) electrons. The molecular formula is C18H22ClN3O4S. The highest BCUT2D eigenvalue weighted by molar-refractivity contribution is 7.90. The van der Waals surface area contributed by atoms with Gasteiger partial charge in [0.2, 0.25) is 0 Å². The van der Waals surface area contributed by atoms with Gasteiger partial charge >= 0.3 is 0 Å². The number of aliphatic hydroxyl groups excluding tert-OH is 1. The number of benzene rings is 1. The highest BCUT2D eigenvalue weighted by Crippen LogP contribution is 2.28. The third kappa shape index (κ3) is 4.69. The van der Waals surface area contributed by atoms with Crippen LogP contribution in [0, 0.1) is 6.92 Å². The molecule has 1 N–H and O–H groups in total. The monoisotopic (exact) mass is 411 g/mol. The molecule has 1 fully saturated rings. The van der Waals surface area contributed by atoms with Gasteiger partial charge in [0.05, 0.1) is 4.90 Å². The highest BCUT2D eigenvalue weighted by atomic mass is 35.5. The fourth-order valence-electron chi connectivity index (χ4n) is 3.06. The normalized spacial score (nSPS) is 15.8. The molecule has 7 nitrogen and oxygen atoms in total. The minimum absolute atomic E-state index is 0.00834. The minimum Gasteiger partial charge on any atom is -0.490 e. The van der Waals surface area contributed by atoms with Gasteiger partial charge in [-0.1, -0.05) is 17.7 Å². The lowest BCUT2D eigenvalue weighted by Crippen LogP contribution is -2.39. The number of rotatable bonds is 5. The molecule has 1 saturated heterocycles. The summed E-state index contributed by atoms with van der Waals surface area (Å²) >= 11 is 6.14. The molecule has 2 aromatic rings. The van der Waals surface area contributed by atoms with Crippen LogP contribution in [0.5, 0.6) is 5.75 Å². The van der Waals surface area contributed by atoms with E-state index in [4.69, 9.17) is 16.3 Å². The lowest BCUT2D eigenvalue weighted by atomic mass is 10.1. The Bertz CT molecular complexity index is 928. The molecule has 27 heavy (non-hydrogen) atoms. The molecule has 1 aromatic carbocycles. The van der Waals surface area contributed by atoms with Crippen molar-refractivity contribution in [3.05, 3.63) is 40.8 Å². The summed E-state index contributed by atoms with van der Waals surface area (Å²) in [6, 6.07) is 6.57. The number of hydrogen-bond donors (Lipinski definition) is 1. The predicted octanol–water partition coefficient (Wildman–Crippen LogP) is 2.38. The van der Waals surface area contributed by atoms with E-state index in [9.17, 15) is 13.5 Å². The van der Waals surface area contributed by atoms with Crippen molar-refractivity contribution in [2.24, 2.45) is 0 Å². The Morgan fingerprint density at radius 2 is 2.00 bits per heavy atom. The third-order valence-electron chi connectivity index (χ3n) is 4.53. The fraction of sp³-hybridized carbons (Fsp3) is 0.444. The minimum atomic E-state index is -3.26. The number of nitrogens with zero attached hydrogens (tertiary/aromatic N) is 3. The Balaban J connectivity index is 1.67. The van der Waals surface area contributed by atoms with Crippen LogP contribution in [-0.4, -0.2) is 48.9 Å². The van der Waals surface area contributed by atoms with Gasteiger partial charge in [0.25, 0.3) is 0 Å². The van der Waals surface area contributed by atoms with E-state index in [0.29, 0.717) is 16.7 Å². The zero-order chi connectivity index (χ0) is 19.6. The first kappa shape index (κ1) is 19.9. The average Bonchev–Trinajstić information content (AvgIpc) is 2.64. The van der Waals surface area contributed by atoms with E-state index in [1.807, 2.05) is 6.92 Å². The number of aliphatic hydroxyl groups is 1. The maximum atomic E-state index is 11.7. The van der Waals surface area contributed by atoms with Gasteiger partial charge in [-0.05, 0) is 25.1 Å². The molecular weight excluding hydrogens is 390 g/mol. The number of anilines is 1. The fourth-order valence-corrected chi connectivity index (χ4v) is 3.89. The summed E-state index contributed by atoms with van der Waals surface area (Å²) in [6.07, 6.45) is 2.70. The van der Waals surface area contributed by atoms with Gasteiger partial charge in [0.15, 0.2) is 15.7 Å². The number of halogens is 1. The summed E-state index contributed by atoms with van der Waals surface area (Å²) in [5, 5.41) is 9.64. The Labute approximate surface area is 163 Å². The molecule has 0 saturated carbocycles. The average molecular weight is 412 g/mol. The molecule has 1 aliphatic heterocycles. The molecule has 0 amide bonds. The smallest absolute Gasteiger partial charge is 0.175 e. The van der Waals surface area contributed by atoms with Crippen molar-refractivity contribution >= 4 is 27.3 Å². The summed E-state index contributed by atoms with van der Waals surface area (Å²) in [6.45, 7) is 3.03. The Morgan fingerprint density at radius 3 is 2.63 bits per heavy atom. The Morgan fingerprint density at radius 1 is 1.30 bits per heavy atom. The summed E-state index contributed by atoms with van der Waals surface area (Å²) in [7, 11) is -3.26.